The number of hydrogen-bond donors (Lipinski definition) is 2. The molecule has 0 heterocycles. The number of hydrogen-bond acceptors (Lipinski definition) is 2. The van der Waals surface area contributed by atoms with Gasteiger partial charge in [-0.15, -0.1) is 0 Å². The van der Waals surface area contributed by atoms with E-state index in [0.717, 1.165) is 39.4 Å². The Morgan fingerprint density at radius 2 is 1.20 bits per heavy atom. The molecule has 0 amide bonds. The Morgan fingerprint density at radius 1 is 0.800 bits per heavy atom. The predicted molar refractivity (Wildman–Crippen MR) is 48.5 cm³/mol. The van der Waals surface area contributed by atoms with Crippen molar-refractivity contribution in [2.45, 2.75) is 23.5 Å². The molecule has 0 saturated carbocycles. The van der Waals surface area contributed by atoms with E-state index in [4.69, 9.17) is 11.5 Å². The van der Waals surface area contributed by atoms with Crippen LogP contribution in [0.5, 0.6) is 0 Å². The molecule has 0 aromatic carbocycles. The van der Waals surface area contributed by atoms with E-state index in [1.807, 2.05) is 0 Å². The fourth-order valence-electron chi connectivity index (χ4n) is 0.402. The average Bonchev–Trinajstić information content (AvgIpc) is 1.97. The monoisotopic (exact) mass is 276 g/mol. The molecule has 0 aliphatic rings. The van der Waals surface area contributed by atoms with Crippen LogP contribution in [0.25, 0.3) is 0 Å². The summed E-state index contributed by atoms with van der Waals surface area (Å²) >= 11 is 1.81. The Hall–Kier alpha value is 0.959. The molecule has 0 aromatic heterocycles. The van der Waals surface area contributed by atoms with Crippen molar-refractivity contribution in [2.24, 2.45) is 11.5 Å². The van der Waals surface area contributed by atoms with Gasteiger partial charge in [0.15, 0.2) is 0 Å². The molecule has 0 spiro atoms. The molecular weight excluding hydrogens is 258 g/mol. The Bertz CT molecular complexity index is 53.7. The van der Waals surface area contributed by atoms with E-state index in [9.17, 15) is 0 Å². The van der Waals surface area contributed by atoms with Crippen LogP contribution in [0.15, 0.2) is 0 Å². The first-order chi connectivity index (χ1) is 4.91. The molecule has 2 nitrogen and oxygen atoms in total. The van der Waals surface area contributed by atoms with Crippen molar-refractivity contribution in [2.75, 3.05) is 13.1 Å². The normalized spacial score (nSPS) is 10.2. The van der Waals surface area contributed by atoms with E-state index in [1.54, 1.807) is 0 Å². The molecule has 0 unspecified atom stereocenters. The van der Waals surface area contributed by atoms with Crippen molar-refractivity contribution in [3.05, 3.63) is 0 Å². The van der Waals surface area contributed by atoms with Crippen LogP contribution in [0.3, 0.4) is 0 Å². The standard InChI is InChI=1S/C6H16N2Se2/c7-3-1-5-9-10-6-2-4-8/h1-8H2. The summed E-state index contributed by atoms with van der Waals surface area (Å²) < 4.78 is 0. The van der Waals surface area contributed by atoms with Crippen molar-refractivity contribution < 1.29 is 0 Å². The quantitative estimate of drug-likeness (QED) is 0.501. The van der Waals surface area contributed by atoms with Crippen molar-refractivity contribution in [1.82, 2.24) is 0 Å². The molecule has 0 saturated heterocycles. The molecule has 0 fully saturated rings. The fourth-order valence-corrected chi connectivity index (χ4v) is 7.23. The molecule has 0 atom stereocenters. The summed E-state index contributed by atoms with van der Waals surface area (Å²) in [6.07, 6.45) is 2.45. The van der Waals surface area contributed by atoms with E-state index in [0.29, 0.717) is 0 Å². The van der Waals surface area contributed by atoms with Crippen molar-refractivity contribution in [3.63, 3.8) is 0 Å². The third-order valence-corrected chi connectivity index (χ3v) is 8.66. The van der Waals surface area contributed by atoms with Gasteiger partial charge in [0.05, 0.1) is 0 Å². The van der Waals surface area contributed by atoms with Gasteiger partial charge in [-0.2, -0.15) is 0 Å². The molecule has 62 valence electrons. The second-order valence-electron chi connectivity index (χ2n) is 1.93. The van der Waals surface area contributed by atoms with Gasteiger partial charge in [-0.25, -0.2) is 0 Å². The summed E-state index contributed by atoms with van der Waals surface area (Å²) in [6.45, 7) is 1.74. The second-order valence-corrected chi connectivity index (χ2v) is 9.77. The second kappa shape index (κ2) is 9.96. The van der Waals surface area contributed by atoms with Crippen molar-refractivity contribution >= 4 is 26.3 Å². The van der Waals surface area contributed by atoms with E-state index < -0.39 is 0 Å². The molecule has 0 aromatic rings. The SMILES string of the molecule is NCCC[Se][Se]CCCN. The van der Waals surface area contributed by atoms with E-state index in [-0.39, 0.29) is 0 Å². The van der Waals surface area contributed by atoms with Crippen LogP contribution in [0.1, 0.15) is 12.8 Å². The summed E-state index contributed by atoms with van der Waals surface area (Å²) in [6, 6.07) is 0. The summed E-state index contributed by atoms with van der Waals surface area (Å²) in [5.41, 5.74) is 10.7. The summed E-state index contributed by atoms with van der Waals surface area (Å²) in [5.74, 6) is 0. The molecule has 10 heavy (non-hydrogen) atoms. The van der Waals surface area contributed by atoms with Gasteiger partial charge in [-0.1, -0.05) is 0 Å². The Kier molecular flexibility index (Phi) is 10.9. The van der Waals surface area contributed by atoms with Gasteiger partial charge in [0.1, 0.15) is 0 Å². The van der Waals surface area contributed by atoms with Gasteiger partial charge in [0.2, 0.25) is 0 Å². The molecule has 0 radical (unpaired) electrons. The molecule has 4 N–H and O–H groups in total. The predicted octanol–water partition coefficient (Wildman–Crippen LogP) is -0.156. The minimum atomic E-state index is 0.870. The zero-order valence-electron chi connectivity index (χ0n) is 6.21. The third-order valence-electron chi connectivity index (χ3n) is 0.947. The first-order valence-electron chi connectivity index (χ1n) is 3.56. The van der Waals surface area contributed by atoms with Crippen LogP contribution in [-0.2, 0) is 0 Å². The maximum atomic E-state index is 5.37. The van der Waals surface area contributed by atoms with Crippen LogP contribution in [0, 0.1) is 0 Å². The summed E-state index contributed by atoms with van der Waals surface area (Å²) in [7, 11) is 0. The first kappa shape index (κ1) is 11.0. The molecule has 4 heteroatoms. The van der Waals surface area contributed by atoms with Crippen LogP contribution >= 0.6 is 0 Å². The van der Waals surface area contributed by atoms with Crippen LogP contribution in [-0.4, -0.2) is 39.4 Å². The van der Waals surface area contributed by atoms with E-state index >= 15 is 0 Å². The minimum absolute atomic E-state index is 0.870. The first-order valence-corrected chi connectivity index (χ1v) is 10.3. The molecule has 0 bridgehead atoms. The summed E-state index contributed by atoms with van der Waals surface area (Å²) in [4.78, 5) is 0. The fraction of sp³-hybridized carbons (Fsp3) is 1.00. The van der Waals surface area contributed by atoms with Crippen LogP contribution in [0.2, 0.25) is 10.6 Å². The maximum absolute atomic E-state index is 5.37. The van der Waals surface area contributed by atoms with Crippen LogP contribution < -0.4 is 11.5 Å². The van der Waals surface area contributed by atoms with Crippen molar-refractivity contribution in [1.29, 1.82) is 0 Å². The molecule has 0 aliphatic heterocycles. The number of nitrogens with two attached hydrogens (primary N) is 2. The molecular formula is C6H16N2Se2. The summed E-state index contributed by atoms with van der Waals surface area (Å²) in [5, 5.41) is 2.77. The van der Waals surface area contributed by atoms with Gasteiger partial charge in [0, 0.05) is 0 Å². The van der Waals surface area contributed by atoms with E-state index in [2.05, 4.69) is 0 Å². The van der Waals surface area contributed by atoms with Gasteiger partial charge in [0.25, 0.3) is 0 Å². The van der Waals surface area contributed by atoms with Gasteiger partial charge in [-0.3, -0.25) is 0 Å². The Morgan fingerprint density at radius 3 is 1.50 bits per heavy atom. The third kappa shape index (κ3) is 8.96. The van der Waals surface area contributed by atoms with E-state index in [1.165, 1.54) is 23.5 Å². The van der Waals surface area contributed by atoms with Crippen LogP contribution in [0.4, 0.5) is 0 Å². The van der Waals surface area contributed by atoms with Gasteiger partial charge >= 0.3 is 74.3 Å². The molecule has 0 rings (SSSR count). The van der Waals surface area contributed by atoms with Gasteiger partial charge in [-0.05, 0) is 0 Å². The zero-order valence-corrected chi connectivity index (χ0v) is 9.64. The molecule has 0 aliphatic carbocycles. The van der Waals surface area contributed by atoms with Gasteiger partial charge < -0.3 is 0 Å². The zero-order chi connectivity index (χ0) is 7.66. The average molecular weight is 274 g/mol. The van der Waals surface area contributed by atoms with Crippen molar-refractivity contribution in [3.8, 4) is 0 Å². The Balaban J connectivity index is 2.65. The number of rotatable bonds is 7. The topological polar surface area (TPSA) is 52.0 Å². The Labute approximate surface area is 74.4 Å².